The predicted molar refractivity (Wildman–Crippen MR) is 79.6 cm³/mol. The zero-order valence-corrected chi connectivity index (χ0v) is 11.7. The van der Waals surface area contributed by atoms with Crippen LogP contribution in [0.25, 0.3) is 0 Å². The summed E-state index contributed by atoms with van der Waals surface area (Å²) < 4.78 is 19.1. The van der Waals surface area contributed by atoms with Gasteiger partial charge in [-0.1, -0.05) is 18.2 Å². The Hall–Kier alpha value is -2.36. The van der Waals surface area contributed by atoms with Crippen molar-refractivity contribution in [2.45, 2.75) is 12.3 Å². The summed E-state index contributed by atoms with van der Waals surface area (Å²) in [5, 5.41) is 3.27. The summed E-state index contributed by atoms with van der Waals surface area (Å²) in [5.41, 5.74) is 2.01. The highest BCUT2D eigenvalue weighted by molar-refractivity contribution is 6.02. The van der Waals surface area contributed by atoms with Crippen LogP contribution in [-0.4, -0.2) is 19.4 Å². The lowest BCUT2D eigenvalue weighted by molar-refractivity contribution is 0.0951. The van der Waals surface area contributed by atoms with E-state index in [0.29, 0.717) is 18.7 Å². The van der Waals surface area contributed by atoms with E-state index < -0.39 is 5.82 Å². The first-order valence-corrected chi connectivity index (χ1v) is 6.91. The van der Waals surface area contributed by atoms with E-state index in [1.807, 2.05) is 24.3 Å². The molecule has 1 N–H and O–H groups in total. The Morgan fingerprint density at radius 2 is 2.10 bits per heavy atom. The molecular weight excluding hydrogens is 269 g/mol. The van der Waals surface area contributed by atoms with Crippen LogP contribution in [-0.2, 0) is 0 Å². The van der Waals surface area contributed by atoms with Crippen molar-refractivity contribution in [3.05, 3.63) is 59.4 Å². The van der Waals surface area contributed by atoms with E-state index in [1.165, 1.54) is 19.2 Å². The van der Waals surface area contributed by atoms with E-state index in [9.17, 15) is 9.18 Å². The SMILES string of the molecule is COc1ccc(C(=O)C2CCNc3ccccc32)c(F)c1. The van der Waals surface area contributed by atoms with Crippen molar-refractivity contribution in [3.8, 4) is 5.75 Å². The lowest BCUT2D eigenvalue weighted by Gasteiger charge is -2.25. The standard InChI is InChI=1S/C17H16FNO2/c1-21-11-6-7-14(15(18)10-11)17(20)13-8-9-19-16-5-3-2-4-12(13)16/h2-7,10,13,19H,8-9H2,1H3. The van der Waals surface area contributed by atoms with Crippen LogP contribution in [0.4, 0.5) is 10.1 Å². The number of halogens is 1. The van der Waals surface area contributed by atoms with Crippen molar-refractivity contribution in [2.24, 2.45) is 0 Å². The topological polar surface area (TPSA) is 38.3 Å². The Kier molecular flexibility index (Phi) is 3.60. The summed E-state index contributed by atoms with van der Waals surface area (Å²) in [7, 11) is 1.47. The van der Waals surface area contributed by atoms with Crippen LogP contribution >= 0.6 is 0 Å². The quantitative estimate of drug-likeness (QED) is 0.875. The molecule has 21 heavy (non-hydrogen) atoms. The Morgan fingerprint density at radius 1 is 1.29 bits per heavy atom. The molecule has 4 heteroatoms. The normalized spacial score (nSPS) is 16.8. The Bertz CT molecular complexity index is 684. The molecule has 2 aromatic rings. The first-order valence-electron chi connectivity index (χ1n) is 6.91. The van der Waals surface area contributed by atoms with Gasteiger partial charge in [-0.15, -0.1) is 0 Å². The van der Waals surface area contributed by atoms with Crippen LogP contribution in [0, 0.1) is 5.82 Å². The number of carbonyl (C=O) groups excluding carboxylic acids is 1. The molecular formula is C17H16FNO2. The monoisotopic (exact) mass is 285 g/mol. The van der Waals surface area contributed by atoms with Gasteiger partial charge in [-0.3, -0.25) is 4.79 Å². The Morgan fingerprint density at radius 3 is 2.86 bits per heavy atom. The molecule has 0 aromatic heterocycles. The van der Waals surface area contributed by atoms with Gasteiger partial charge < -0.3 is 10.1 Å². The molecule has 0 bridgehead atoms. The predicted octanol–water partition coefficient (Wildman–Crippen LogP) is 3.62. The van der Waals surface area contributed by atoms with E-state index in [-0.39, 0.29) is 17.3 Å². The number of anilines is 1. The number of Topliss-reactive ketones (excluding diaryl/α,β-unsaturated/α-hetero) is 1. The summed E-state index contributed by atoms with van der Waals surface area (Å²) in [6.45, 7) is 0.713. The molecule has 1 atom stereocenters. The van der Waals surface area contributed by atoms with Crippen molar-refractivity contribution in [1.82, 2.24) is 0 Å². The Labute approximate surface area is 122 Å². The fourth-order valence-electron chi connectivity index (χ4n) is 2.75. The summed E-state index contributed by atoms with van der Waals surface area (Å²) >= 11 is 0. The molecule has 108 valence electrons. The average Bonchev–Trinajstić information content (AvgIpc) is 2.53. The second kappa shape index (κ2) is 5.56. The van der Waals surface area contributed by atoms with Crippen molar-refractivity contribution in [2.75, 3.05) is 19.0 Å². The molecule has 3 nitrogen and oxygen atoms in total. The summed E-state index contributed by atoms with van der Waals surface area (Å²) in [6, 6.07) is 12.1. The third-order valence-corrected chi connectivity index (χ3v) is 3.84. The Balaban J connectivity index is 1.97. The van der Waals surface area contributed by atoms with Gasteiger partial charge in [-0.05, 0) is 30.2 Å². The van der Waals surface area contributed by atoms with Crippen molar-refractivity contribution < 1.29 is 13.9 Å². The van der Waals surface area contributed by atoms with Crippen molar-refractivity contribution >= 4 is 11.5 Å². The van der Waals surface area contributed by atoms with E-state index in [0.717, 1.165) is 11.3 Å². The minimum absolute atomic E-state index is 0.123. The van der Waals surface area contributed by atoms with Gasteiger partial charge >= 0.3 is 0 Å². The molecule has 0 radical (unpaired) electrons. The third-order valence-electron chi connectivity index (χ3n) is 3.84. The number of hydrogen-bond acceptors (Lipinski definition) is 3. The number of nitrogens with one attached hydrogen (secondary N) is 1. The van der Waals surface area contributed by atoms with E-state index in [2.05, 4.69) is 5.32 Å². The number of para-hydroxylation sites is 1. The molecule has 1 unspecified atom stereocenters. The molecule has 0 saturated heterocycles. The van der Waals surface area contributed by atoms with Crippen LogP contribution in [0.1, 0.15) is 28.3 Å². The van der Waals surface area contributed by atoms with Gasteiger partial charge in [-0.2, -0.15) is 0 Å². The second-order valence-corrected chi connectivity index (χ2v) is 5.07. The average molecular weight is 285 g/mol. The maximum atomic E-state index is 14.1. The lowest BCUT2D eigenvalue weighted by atomic mass is 9.85. The maximum Gasteiger partial charge on any atom is 0.173 e. The largest absolute Gasteiger partial charge is 0.497 e. The molecule has 0 aliphatic carbocycles. The van der Waals surface area contributed by atoms with Gasteiger partial charge in [0.25, 0.3) is 0 Å². The number of benzene rings is 2. The number of fused-ring (bicyclic) bond motifs is 1. The maximum absolute atomic E-state index is 14.1. The van der Waals surface area contributed by atoms with Crippen molar-refractivity contribution in [1.29, 1.82) is 0 Å². The summed E-state index contributed by atoms with van der Waals surface area (Å²) in [5.74, 6) is -0.598. The van der Waals surface area contributed by atoms with E-state index in [4.69, 9.17) is 4.74 Å². The molecule has 2 aromatic carbocycles. The number of ether oxygens (including phenoxy) is 1. The van der Waals surface area contributed by atoms with Gasteiger partial charge in [0.15, 0.2) is 5.78 Å². The fourth-order valence-corrected chi connectivity index (χ4v) is 2.75. The minimum Gasteiger partial charge on any atom is -0.497 e. The molecule has 0 amide bonds. The molecule has 3 rings (SSSR count). The van der Waals surface area contributed by atoms with E-state index in [1.54, 1.807) is 6.07 Å². The summed E-state index contributed by atoms with van der Waals surface area (Å²) in [6.07, 6.45) is 0.668. The zero-order valence-electron chi connectivity index (χ0n) is 11.7. The van der Waals surface area contributed by atoms with Gasteiger partial charge in [0.05, 0.1) is 18.6 Å². The number of ketones is 1. The van der Waals surface area contributed by atoms with Crippen LogP contribution in [0.5, 0.6) is 5.75 Å². The van der Waals surface area contributed by atoms with Crippen LogP contribution in [0.2, 0.25) is 0 Å². The molecule has 0 spiro atoms. The van der Waals surface area contributed by atoms with Crippen LogP contribution in [0.3, 0.4) is 0 Å². The minimum atomic E-state index is -0.532. The third kappa shape index (κ3) is 2.49. The highest BCUT2D eigenvalue weighted by Gasteiger charge is 2.28. The smallest absolute Gasteiger partial charge is 0.173 e. The highest BCUT2D eigenvalue weighted by atomic mass is 19.1. The van der Waals surface area contributed by atoms with Crippen LogP contribution in [0.15, 0.2) is 42.5 Å². The first-order chi connectivity index (χ1) is 10.2. The van der Waals surface area contributed by atoms with Crippen LogP contribution < -0.4 is 10.1 Å². The molecule has 1 aliphatic heterocycles. The van der Waals surface area contributed by atoms with Gasteiger partial charge in [-0.25, -0.2) is 4.39 Å². The van der Waals surface area contributed by atoms with Gasteiger partial charge in [0.2, 0.25) is 0 Å². The first kappa shape index (κ1) is 13.6. The molecule has 0 saturated carbocycles. The van der Waals surface area contributed by atoms with Gasteiger partial charge in [0, 0.05) is 18.3 Å². The number of carbonyl (C=O) groups is 1. The highest BCUT2D eigenvalue weighted by Crippen LogP contribution is 2.34. The summed E-state index contributed by atoms with van der Waals surface area (Å²) in [4.78, 5) is 12.7. The number of rotatable bonds is 3. The van der Waals surface area contributed by atoms with E-state index >= 15 is 0 Å². The number of methoxy groups -OCH3 is 1. The van der Waals surface area contributed by atoms with Crippen molar-refractivity contribution in [3.63, 3.8) is 0 Å². The molecule has 1 heterocycles. The lowest BCUT2D eigenvalue weighted by Crippen LogP contribution is -2.23. The second-order valence-electron chi connectivity index (χ2n) is 5.07. The number of hydrogen-bond donors (Lipinski definition) is 1. The molecule has 1 aliphatic rings. The van der Waals surface area contributed by atoms with Gasteiger partial charge in [0.1, 0.15) is 11.6 Å². The molecule has 0 fully saturated rings. The zero-order chi connectivity index (χ0) is 14.8. The fraction of sp³-hybridized carbons (Fsp3) is 0.235.